The van der Waals surface area contributed by atoms with Crippen molar-refractivity contribution in [2.45, 2.75) is 18.6 Å². The number of Topliss-reactive ketones (excluding diaryl/α,β-unsaturated/α-hetero) is 1. The minimum Gasteiger partial charge on any atom is -0.396 e. The van der Waals surface area contributed by atoms with Gasteiger partial charge in [-0.3, -0.25) is 4.79 Å². The number of aliphatic hydroxyl groups is 3. The molecule has 0 radical (unpaired) electrons. The Kier molecular flexibility index (Phi) is 2.03. The predicted octanol–water partition coefficient (Wildman–Crippen LogP) is -1.71. The Bertz CT molecular complexity index is 145. The molecule has 1 saturated carbocycles. The van der Waals surface area contributed by atoms with Crippen LogP contribution < -0.4 is 0 Å². The maximum absolute atomic E-state index is 10.6. The fourth-order valence-corrected chi connectivity index (χ4v) is 1.12. The van der Waals surface area contributed by atoms with Gasteiger partial charge in [0.2, 0.25) is 0 Å². The average Bonchev–Trinajstić information content (AvgIpc) is 2.17. The second kappa shape index (κ2) is 2.65. The zero-order valence-corrected chi connectivity index (χ0v) is 5.40. The first-order chi connectivity index (χ1) is 4.66. The van der Waals surface area contributed by atoms with Crippen LogP contribution in [0.5, 0.6) is 0 Å². The molecule has 3 atom stereocenters. The molecule has 1 fully saturated rings. The van der Waals surface area contributed by atoms with Crippen molar-refractivity contribution < 1.29 is 20.1 Å². The Hall–Kier alpha value is -0.450. The van der Waals surface area contributed by atoms with Crippen LogP contribution in [0.1, 0.15) is 6.42 Å². The number of ketones is 1. The monoisotopic (exact) mass is 146 g/mol. The van der Waals surface area contributed by atoms with Gasteiger partial charge in [0.25, 0.3) is 0 Å². The normalized spacial score (nSPS) is 40.7. The van der Waals surface area contributed by atoms with E-state index in [9.17, 15) is 4.79 Å². The third-order valence-electron chi connectivity index (χ3n) is 1.83. The highest BCUT2D eigenvalue weighted by molar-refractivity contribution is 5.86. The maximum Gasteiger partial charge on any atom is 0.164 e. The zero-order chi connectivity index (χ0) is 7.72. The van der Waals surface area contributed by atoms with Crippen molar-refractivity contribution in [3.8, 4) is 0 Å². The van der Waals surface area contributed by atoms with Gasteiger partial charge in [0.05, 0.1) is 6.10 Å². The molecule has 0 bridgehead atoms. The van der Waals surface area contributed by atoms with Crippen LogP contribution >= 0.6 is 0 Å². The Morgan fingerprint density at radius 1 is 1.50 bits per heavy atom. The van der Waals surface area contributed by atoms with Gasteiger partial charge in [0.1, 0.15) is 6.10 Å². The molecule has 4 heteroatoms. The van der Waals surface area contributed by atoms with E-state index in [1.165, 1.54) is 0 Å². The number of carbonyl (C=O) groups excluding carboxylic acids is 1. The molecular formula is C6H10O4. The van der Waals surface area contributed by atoms with Crippen LogP contribution in [0.3, 0.4) is 0 Å². The summed E-state index contributed by atoms with van der Waals surface area (Å²) in [6.45, 7) is -0.246. The molecule has 0 heterocycles. The number of hydrogen-bond acceptors (Lipinski definition) is 4. The van der Waals surface area contributed by atoms with Gasteiger partial charge in [-0.1, -0.05) is 0 Å². The molecular weight excluding hydrogens is 136 g/mol. The van der Waals surface area contributed by atoms with Crippen LogP contribution in [0.15, 0.2) is 0 Å². The van der Waals surface area contributed by atoms with E-state index in [2.05, 4.69) is 0 Å². The highest BCUT2D eigenvalue weighted by Crippen LogP contribution is 2.22. The van der Waals surface area contributed by atoms with Crippen molar-refractivity contribution in [1.82, 2.24) is 0 Å². The zero-order valence-electron chi connectivity index (χ0n) is 5.40. The lowest BCUT2D eigenvalue weighted by atomic mass is 10.1. The second-order valence-electron chi connectivity index (χ2n) is 2.55. The summed E-state index contributed by atoms with van der Waals surface area (Å²) in [5.74, 6) is -0.853. The Labute approximate surface area is 58.1 Å². The van der Waals surface area contributed by atoms with Crippen molar-refractivity contribution in [2.75, 3.05) is 6.61 Å². The Morgan fingerprint density at radius 3 is 2.30 bits per heavy atom. The average molecular weight is 146 g/mol. The first-order valence-electron chi connectivity index (χ1n) is 3.16. The largest absolute Gasteiger partial charge is 0.396 e. The van der Waals surface area contributed by atoms with Crippen LogP contribution in [0.4, 0.5) is 0 Å². The van der Waals surface area contributed by atoms with E-state index in [-0.39, 0.29) is 18.8 Å². The molecule has 0 saturated heterocycles. The van der Waals surface area contributed by atoms with Gasteiger partial charge < -0.3 is 15.3 Å². The van der Waals surface area contributed by atoms with E-state index in [0.717, 1.165) is 0 Å². The van der Waals surface area contributed by atoms with Crippen molar-refractivity contribution in [1.29, 1.82) is 0 Å². The van der Waals surface area contributed by atoms with Crippen LogP contribution in [0, 0.1) is 5.92 Å². The van der Waals surface area contributed by atoms with Gasteiger partial charge in [-0.15, -0.1) is 0 Å². The van der Waals surface area contributed by atoms with E-state index in [1.54, 1.807) is 0 Å². The van der Waals surface area contributed by atoms with Crippen molar-refractivity contribution >= 4 is 5.78 Å². The molecule has 0 aromatic rings. The standard InChI is InChI=1S/C6H10O4/c7-2-3-1-4(8)6(10)5(3)9/h3,5-7,9-10H,1-2H2/t3-,5-,6+/m1/s1. The molecule has 0 spiro atoms. The molecule has 1 aliphatic carbocycles. The summed E-state index contributed by atoms with van der Waals surface area (Å²) >= 11 is 0. The maximum atomic E-state index is 10.6. The molecule has 10 heavy (non-hydrogen) atoms. The topological polar surface area (TPSA) is 77.8 Å². The molecule has 4 nitrogen and oxygen atoms in total. The second-order valence-corrected chi connectivity index (χ2v) is 2.55. The van der Waals surface area contributed by atoms with E-state index < -0.39 is 18.1 Å². The highest BCUT2D eigenvalue weighted by atomic mass is 16.3. The predicted molar refractivity (Wildman–Crippen MR) is 32.2 cm³/mol. The molecule has 0 aliphatic heterocycles. The number of rotatable bonds is 1. The first-order valence-corrected chi connectivity index (χ1v) is 3.16. The molecule has 58 valence electrons. The summed E-state index contributed by atoms with van der Waals surface area (Å²) in [5.41, 5.74) is 0. The fraction of sp³-hybridized carbons (Fsp3) is 0.833. The summed E-state index contributed by atoms with van der Waals surface area (Å²) in [5, 5.41) is 26.4. The minimum absolute atomic E-state index is 0.0822. The van der Waals surface area contributed by atoms with E-state index in [1.807, 2.05) is 0 Å². The molecule has 0 amide bonds. The Morgan fingerprint density at radius 2 is 2.10 bits per heavy atom. The lowest BCUT2D eigenvalue weighted by Gasteiger charge is -2.10. The highest BCUT2D eigenvalue weighted by Gasteiger charge is 2.39. The van der Waals surface area contributed by atoms with Crippen molar-refractivity contribution in [3.63, 3.8) is 0 Å². The SMILES string of the molecule is O=C1C[C@H](CO)[C@@H](O)[C@H]1O. The Balaban J connectivity index is 2.61. The van der Waals surface area contributed by atoms with Gasteiger partial charge in [-0.05, 0) is 0 Å². The van der Waals surface area contributed by atoms with Crippen molar-refractivity contribution in [3.05, 3.63) is 0 Å². The van der Waals surface area contributed by atoms with Crippen LogP contribution in [-0.4, -0.2) is 39.9 Å². The minimum atomic E-state index is -1.28. The fourth-order valence-electron chi connectivity index (χ4n) is 1.12. The molecule has 1 rings (SSSR count). The van der Waals surface area contributed by atoms with Crippen LogP contribution in [-0.2, 0) is 4.79 Å². The number of aliphatic hydroxyl groups excluding tert-OH is 3. The third-order valence-corrected chi connectivity index (χ3v) is 1.83. The summed E-state index contributed by atoms with van der Waals surface area (Å²) in [6, 6.07) is 0. The number of hydrogen-bond donors (Lipinski definition) is 3. The summed E-state index contributed by atoms with van der Waals surface area (Å²) in [6.07, 6.45) is -2.27. The molecule has 0 aromatic heterocycles. The van der Waals surface area contributed by atoms with Crippen LogP contribution in [0.25, 0.3) is 0 Å². The first kappa shape index (κ1) is 7.65. The van der Waals surface area contributed by atoms with Gasteiger partial charge >= 0.3 is 0 Å². The van der Waals surface area contributed by atoms with E-state index in [4.69, 9.17) is 15.3 Å². The third kappa shape index (κ3) is 1.05. The van der Waals surface area contributed by atoms with Crippen molar-refractivity contribution in [2.24, 2.45) is 5.92 Å². The van der Waals surface area contributed by atoms with Gasteiger partial charge in [0, 0.05) is 18.9 Å². The van der Waals surface area contributed by atoms with Gasteiger partial charge in [-0.2, -0.15) is 0 Å². The van der Waals surface area contributed by atoms with E-state index >= 15 is 0 Å². The number of carbonyl (C=O) groups is 1. The van der Waals surface area contributed by atoms with Gasteiger partial charge in [0.15, 0.2) is 5.78 Å². The lowest BCUT2D eigenvalue weighted by Crippen LogP contribution is -2.29. The summed E-state index contributed by atoms with van der Waals surface area (Å²) < 4.78 is 0. The summed E-state index contributed by atoms with van der Waals surface area (Å²) in [7, 11) is 0. The molecule has 3 N–H and O–H groups in total. The quantitative estimate of drug-likeness (QED) is 0.411. The molecule has 0 unspecified atom stereocenters. The molecule has 0 aromatic carbocycles. The molecule has 1 aliphatic rings. The lowest BCUT2D eigenvalue weighted by molar-refractivity contribution is -0.126. The van der Waals surface area contributed by atoms with E-state index in [0.29, 0.717) is 0 Å². The summed E-state index contributed by atoms with van der Waals surface area (Å²) in [4.78, 5) is 10.6. The van der Waals surface area contributed by atoms with Crippen LogP contribution in [0.2, 0.25) is 0 Å². The smallest absolute Gasteiger partial charge is 0.164 e. The van der Waals surface area contributed by atoms with Gasteiger partial charge in [-0.25, -0.2) is 0 Å².